The van der Waals surface area contributed by atoms with E-state index in [9.17, 15) is 9.59 Å². The number of ether oxygens (including phenoxy) is 2. The molecular formula is C22H26N2O4S. The third kappa shape index (κ3) is 3.44. The second kappa shape index (κ2) is 7.63. The van der Waals surface area contributed by atoms with E-state index < -0.39 is 11.5 Å². The van der Waals surface area contributed by atoms with Gasteiger partial charge in [0.05, 0.1) is 19.1 Å². The molecule has 154 valence electrons. The highest BCUT2D eigenvalue weighted by atomic mass is 32.1. The molecule has 3 aromatic rings. The number of methoxy groups -OCH3 is 1. The van der Waals surface area contributed by atoms with Crippen molar-refractivity contribution in [2.45, 2.75) is 47.1 Å². The van der Waals surface area contributed by atoms with Crippen LogP contribution in [0.15, 0.2) is 23.0 Å². The Labute approximate surface area is 174 Å². The second-order valence-corrected chi connectivity index (χ2v) is 8.68. The van der Waals surface area contributed by atoms with Crippen molar-refractivity contribution in [3.05, 3.63) is 44.8 Å². The number of esters is 1. The van der Waals surface area contributed by atoms with E-state index in [1.165, 1.54) is 15.9 Å². The normalized spacial score (nSPS) is 11.7. The fourth-order valence-electron chi connectivity index (χ4n) is 3.70. The largest absolute Gasteiger partial charge is 0.496 e. The zero-order valence-corrected chi connectivity index (χ0v) is 18.7. The molecule has 2 heterocycles. The Morgan fingerprint density at radius 1 is 1.24 bits per heavy atom. The van der Waals surface area contributed by atoms with E-state index in [1.807, 2.05) is 32.0 Å². The Kier molecular flexibility index (Phi) is 5.54. The highest BCUT2D eigenvalue weighted by Crippen LogP contribution is 2.37. The first kappa shape index (κ1) is 21.0. The standard InChI is InChI=1S/C22H26N2O4S/c1-8-28-21(26)22(5,6)24-14(4)23-19-18(20(24)25)17(13(3)29-19)15-9-10-16(27-7)12(2)11-15/h9-11H,8H2,1-7H3. The molecule has 0 bridgehead atoms. The van der Waals surface area contributed by atoms with Gasteiger partial charge in [0.2, 0.25) is 0 Å². The summed E-state index contributed by atoms with van der Waals surface area (Å²) in [6.45, 7) is 11.1. The molecule has 7 heteroatoms. The van der Waals surface area contributed by atoms with Crippen LogP contribution >= 0.6 is 11.3 Å². The number of thiophene rings is 1. The van der Waals surface area contributed by atoms with E-state index in [1.54, 1.807) is 34.8 Å². The number of benzene rings is 1. The quantitative estimate of drug-likeness (QED) is 0.580. The average molecular weight is 415 g/mol. The highest BCUT2D eigenvalue weighted by Gasteiger charge is 2.35. The van der Waals surface area contributed by atoms with Crippen molar-refractivity contribution in [3.63, 3.8) is 0 Å². The van der Waals surface area contributed by atoms with Crippen molar-refractivity contribution in [3.8, 4) is 16.9 Å². The van der Waals surface area contributed by atoms with Gasteiger partial charge >= 0.3 is 5.97 Å². The van der Waals surface area contributed by atoms with E-state index in [2.05, 4.69) is 4.98 Å². The third-order valence-electron chi connectivity index (χ3n) is 5.09. The van der Waals surface area contributed by atoms with E-state index in [0.717, 1.165) is 27.3 Å². The van der Waals surface area contributed by atoms with Crippen molar-refractivity contribution in [2.24, 2.45) is 0 Å². The van der Waals surface area contributed by atoms with Gasteiger partial charge < -0.3 is 9.47 Å². The van der Waals surface area contributed by atoms with Crippen LogP contribution < -0.4 is 10.3 Å². The van der Waals surface area contributed by atoms with Crippen LogP contribution in [0.5, 0.6) is 5.75 Å². The topological polar surface area (TPSA) is 70.4 Å². The molecule has 0 amide bonds. The summed E-state index contributed by atoms with van der Waals surface area (Å²) >= 11 is 1.48. The van der Waals surface area contributed by atoms with Crippen LogP contribution in [-0.4, -0.2) is 29.2 Å². The van der Waals surface area contributed by atoms with Crippen LogP contribution in [0, 0.1) is 20.8 Å². The molecule has 0 aliphatic heterocycles. The molecule has 0 radical (unpaired) electrons. The van der Waals surface area contributed by atoms with Gasteiger partial charge in [0.1, 0.15) is 21.9 Å². The lowest BCUT2D eigenvalue weighted by molar-refractivity contribution is -0.152. The molecule has 29 heavy (non-hydrogen) atoms. The number of carbonyl (C=O) groups is 1. The van der Waals surface area contributed by atoms with Crippen molar-refractivity contribution in [1.82, 2.24) is 9.55 Å². The van der Waals surface area contributed by atoms with Crippen LogP contribution in [0.25, 0.3) is 21.3 Å². The number of aryl methyl sites for hydroxylation is 3. The predicted molar refractivity (Wildman–Crippen MR) is 116 cm³/mol. The van der Waals surface area contributed by atoms with Crippen LogP contribution in [0.4, 0.5) is 0 Å². The summed E-state index contributed by atoms with van der Waals surface area (Å²) in [6, 6.07) is 5.85. The zero-order chi connectivity index (χ0) is 21.5. The summed E-state index contributed by atoms with van der Waals surface area (Å²) in [6.07, 6.45) is 0. The summed E-state index contributed by atoms with van der Waals surface area (Å²) in [5, 5.41) is 0.528. The van der Waals surface area contributed by atoms with Crippen molar-refractivity contribution < 1.29 is 14.3 Å². The lowest BCUT2D eigenvalue weighted by Crippen LogP contribution is -2.45. The van der Waals surface area contributed by atoms with Gasteiger partial charge in [0, 0.05) is 10.4 Å². The first-order chi connectivity index (χ1) is 13.6. The first-order valence-corrected chi connectivity index (χ1v) is 10.3. The molecule has 2 aromatic heterocycles. The van der Waals surface area contributed by atoms with E-state index in [4.69, 9.17) is 9.47 Å². The molecule has 0 unspecified atom stereocenters. The van der Waals surface area contributed by atoms with Gasteiger partial charge in [-0.1, -0.05) is 6.07 Å². The summed E-state index contributed by atoms with van der Waals surface area (Å²) in [5.74, 6) is 0.820. The van der Waals surface area contributed by atoms with Gasteiger partial charge in [0.15, 0.2) is 0 Å². The third-order valence-corrected chi connectivity index (χ3v) is 6.09. The van der Waals surface area contributed by atoms with Gasteiger partial charge in [0.25, 0.3) is 5.56 Å². The van der Waals surface area contributed by atoms with Gasteiger partial charge in [-0.15, -0.1) is 11.3 Å². The van der Waals surface area contributed by atoms with Crippen LogP contribution in [0.2, 0.25) is 0 Å². The number of hydrogen-bond acceptors (Lipinski definition) is 6. The first-order valence-electron chi connectivity index (χ1n) is 9.48. The summed E-state index contributed by atoms with van der Waals surface area (Å²) in [4.78, 5) is 32.5. The highest BCUT2D eigenvalue weighted by molar-refractivity contribution is 7.19. The number of nitrogens with zero attached hydrogens (tertiary/aromatic N) is 2. The molecule has 0 saturated heterocycles. The van der Waals surface area contributed by atoms with Crippen LogP contribution in [0.1, 0.15) is 37.0 Å². The maximum atomic E-state index is 13.6. The van der Waals surface area contributed by atoms with Crippen LogP contribution in [-0.2, 0) is 15.1 Å². The Morgan fingerprint density at radius 2 is 1.93 bits per heavy atom. The molecule has 0 aliphatic carbocycles. The molecule has 3 rings (SSSR count). The molecule has 6 nitrogen and oxygen atoms in total. The molecule has 0 saturated carbocycles. The van der Waals surface area contributed by atoms with E-state index >= 15 is 0 Å². The van der Waals surface area contributed by atoms with Gasteiger partial charge in [-0.2, -0.15) is 0 Å². The number of fused-ring (bicyclic) bond motifs is 1. The van der Waals surface area contributed by atoms with Crippen LogP contribution in [0.3, 0.4) is 0 Å². The summed E-state index contributed by atoms with van der Waals surface area (Å²) in [7, 11) is 1.63. The maximum Gasteiger partial charge on any atom is 0.331 e. The average Bonchev–Trinajstić information content (AvgIpc) is 2.97. The lowest BCUT2D eigenvalue weighted by atomic mass is 10.0. The number of rotatable bonds is 5. The zero-order valence-electron chi connectivity index (χ0n) is 17.9. The Hall–Kier alpha value is -2.67. The van der Waals surface area contributed by atoms with Gasteiger partial charge in [-0.05, 0) is 64.8 Å². The molecule has 0 spiro atoms. The van der Waals surface area contributed by atoms with E-state index in [0.29, 0.717) is 16.0 Å². The number of hydrogen-bond donors (Lipinski definition) is 0. The molecule has 0 fully saturated rings. The minimum atomic E-state index is -1.17. The fourth-order valence-corrected chi connectivity index (χ4v) is 4.78. The Morgan fingerprint density at radius 3 is 2.52 bits per heavy atom. The predicted octanol–water partition coefficient (Wildman–Crippen LogP) is 4.36. The van der Waals surface area contributed by atoms with Crippen molar-refractivity contribution in [1.29, 1.82) is 0 Å². The molecule has 0 N–H and O–H groups in total. The lowest BCUT2D eigenvalue weighted by Gasteiger charge is -2.26. The van der Waals surface area contributed by atoms with Gasteiger partial charge in [-0.3, -0.25) is 9.36 Å². The Balaban J connectivity index is 2.32. The number of aromatic nitrogens is 2. The minimum absolute atomic E-state index is 0.238. The monoisotopic (exact) mass is 414 g/mol. The van der Waals surface area contributed by atoms with E-state index in [-0.39, 0.29) is 12.2 Å². The molecular weight excluding hydrogens is 388 g/mol. The second-order valence-electron chi connectivity index (χ2n) is 7.48. The SMILES string of the molecule is CCOC(=O)C(C)(C)n1c(C)nc2sc(C)c(-c3ccc(OC)c(C)c3)c2c1=O. The summed E-state index contributed by atoms with van der Waals surface area (Å²) in [5.41, 5.74) is 1.35. The smallest absolute Gasteiger partial charge is 0.331 e. The molecule has 0 atom stereocenters. The molecule has 1 aromatic carbocycles. The summed E-state index contributed by atoms with van der Waals surface area (Å²) < 4.78 is 12.0. The van der Waals surface area contributed by atoms with Crippen molar-refractivity contribution >= 4 is 27.5 Å². The molecule has 0 aliphatic rings. The number of carbonyl (C=O) groups excluding carboxylic acids is 1. The minimum Gasteiger partial charge on any atom is -0.496 e. The maximum absolute atomic E-state index is 13.6. The Bertz CT molecular complexity index is 1160. The van der Waals surface area contributed by atoms with Crippen molar-refractivity contribution in [2.75, 3.05) is 13.7 Å². The van der Waals surface area contributed by atoms with Gasteiger partial charge in [-0.25, -0.2) is 9.78 Å². The fraction of sp³-hybridized carbons (Fsp3) is 0.409.